The third-order valence-corrected chi connectivity index (χ3v) is 2.92. The lowest BCUT2D eigenvalue weighted by molar-refractivity contribution is -0.141. The number of benzene rings is 1. The van der Waals surface area contributed by atoms with Gasteiger partial charge in [-0.15, -0.1) is 0 Å². The number of rotatable bonds is 3. The number of aromatic nitrogens is 1. The minimum atomic E-state index is -0.382. The Kier molecular flexibility index (Phi) is 3.55. The first-order valence-electron chi connectivity index (χ1n) is 5.81. The molecule has 1 heterocycles. The minimum Gasteiger partial charge on any atom is -0.495 e. The lowest BCUT2D eigenvalue weighted by atomic mass is 10.1. The van der Waals surface area contributed by atoms with Gasteiger partial charge in [0.25, 0.3) is 0 Å². The van der Waals surface area contributed by atoms with Crippen molar-refractivity contribution in [2.45, 2.75) is 13.5 Å². The van der Waals surface area contributed by atoms with Crippen LogP contribution < -0.4 is 10.2 Å². The Morgan fingerprint density at radius 1 is 1.32 bits per heavy atom. The summed E-state index contributed by atoms with van der Waals surface area (Å²) in [7, 11) is 2.86. The van der Waals surface area contributed by atoms with Crippen LogP contribution in [0.25, 0.3) is 10.9 Å². The van der Waals surface area contributed by atoms with Gasteiger partial charge in [0, 0.05) is 17.6 Å². The molecule has 0 fully saturated rings. The summed E-state index contributed by atoms with van der Waals surface area (Å²) in [6, 6.07) is 5.05. The summed E-state index contributed by atoms with van der Waals surface area (Å²) in [5, 5.41) is 0.531. The zero-order chi connectivity index (χ0) is 14.0. The number of hydrogen-bond acceptors (Lipinski definition) is 4. The number of nitrogens with zero attached hydrogens (tertiary/aromatic N) is 1. The second-order valence-corrected chi connectivity index (χ2v) is 4.25. The molecule has 0 amide bonds. The molecule has 0 aliphatic rings. The van der Waals surface area contributed by atoms with Crippen molar-refractivity contribution in [3.8, 4) is 5.75 Å². The van der Waals surface area contributed by atoms with Crippen molar-refractivity contribution in [3.05, 3.63) is 40.2 Å². The molecule has 2 rings (SSSR count). The van der Waals surface area contributed by atoms with Crippen molar-refractivity contribution in [2.75, 3.05) is 14.2 Å². The summed E-state index contributed by atoms with van der Waals surface area (Å²) in [5.41, 5.74) is 1.43. The van der Waals surface area contributed by atoms with Gasteiger partial charge in [0.15, 0.2) is 5.43 Å². The molecular formula is C14H15NO4. The fraction of sp³-hybridized carbons (Fsp3) is 0.286. The number of methoxy groups -OCH3 is 2. The van der Waals surface area contributed by atoms with Crippen molar-refractivity contribution in [2.24, 2.45) is 0 Å². The molecule has 19 heavy (non-hydrogen) atoms. The van der Waals surface area contributed by atoms with E-state index in [0.717, 1.165) is 5.56 Å². The van der Waals surface area contributed by atoms with Gasteiger partial charge in [-0.1, -0.05) is 0 Å². The predicted octanol–water partition coefficient (Wildman–Crippen LogP) is 1.49. The lowest BCUT2D eigenvalue weighted by Crippen LogP contribution is -2.15. The fourth-order valence-corrected chi connectivity index (χ4v) is 2.04. The summed E-state index contributed by atoms with van der Waals surface area (Å²) >= 11 is 0. The van der Waals surface area contributed by atoms with Crippen molar-refractivity contribution < 1.29 is 14.3 Å². The highest BCUT2D eigenvalue weighted by atomic mass is 16.5. The summed E-state index contributed by atoms with van der Waals surface area (Å²) in [5.74, 6) is 0.184. The molecule has 0 saturated carbocycles. The zero-order valence-corrected chi connectivity index (χ0v) is 11.1. The average molecular weight is 261 g/mol. The van der Waals surface area contributed by atoms with Gasteiger partial charge in [-0.2, -0.15) is 0 Å². The van der Waals surface area contributed by atoms with Crippen LogP contribution in [0.4, 0.5) is 0 Å². The Balaban J connectivity index is 2.75. The number of ether oxygens (including phenoxy) is 2. The Morgan fingerprint density at radius 2 is 2.05 bits per heavy atom. The van der Waals surface area contributed by atoms with E-state index in [9.17, 15) is 9.59 Å². The van der Waals surface area contributed by atoms with Crippen LogP contribution in [0.15, 0.2) is 29.2 Å². The van der Waals surface area contributed by atoms with E-state index in [-0.39, 0.29) is 17.9 Å². The molecule has 1 aromatic carbocycles. The molecule has 0 aliphatic heterocycles. The quantitative estimate of drug-likeness (QED) is 0.785. The van der Waals surface area contributed by atoms with Crippen LogP contribution in [0.5, 0.6) is 5.75 Å². The molecule has 0 unspecified atom stereocenters. The van der Waals surface area contributed by atoms with Crippen LogP contribution in [0.1, 0.15) is 5.56 Å². The Hall–Kier alpha value is -2.30. The largest absolute Gasteiger partial charge is 0.495 e. The average Bonchev–Trinajstić information content (AvgIpc) is 2.41. The van der Waals surface area contributed by atoms with Crippen LogP contribution in [-0.4, -0.2) is 24.8 Å². The second kappa shape index (κ2) is 5.14. The van der Waals surface area contributed by atoms with Crippen LogP contribution in [0, 0.1) is 6.92 Å². The molecule has 5 heteroatoms. The fourth-order valence-electron chi connectivity index (χ4n) is 2.04. The lowest BCUT2D eigenvalue weighted by Gasteiger charge is -2.13. The number of carbonyl (C=O) groups is 1. The van der Waals surface area contributed by atoms with E-state index in [1.54, 1.807) is 16.8 Å². The topological polar surface area (TPSA) is 57.5 Å². The number of esters is 1. The zero-order valence-electron chi connectivity index (χ0n) is 11.1. The van der Waals surface area contributed by atoms with Gasteiger partial charge in [0.1, 0.15) is 12.3 Å². The Bertz CT molecular complexity index is 688. The molecular weight excluding hydrogens is 246 g/mol. The maximum Gasteiger partial charge on any atom is 0.325 e. The monoisotopic (exact) mass is 261 g/mol. The second-order valence-electron chi connectivity index (χ2n) is 4.25. The van der Waals surface area contributed by atoms with E-state index in [1.807, 2.05) is 13.0 Å². The van der Waals surface area contributed by atoms with Gasteiger partial charge >= 0.3 is 5.97 Å². The van der Waals surface area contributed by atoms with Gasteiger partial charge in [0.2, 0.25) is 0 Å². The smallest absolute Gasteiger partial charge is 0.325 e. The van der Waals surface area contributed by atoms with E-state index in [1.165, 1.54) is 20.3 Å². The maximum absolute atomic E-state index is 11.9. The highest BCUT2D eigenvalue weighted by Gasteiger charge is 2.12. The summed E-state index contributed by atoms with van der Waals surface area (Å²) < 4.78 is 11.6. The standard InChI is InChI=1S/C14H15NO4/c1-9-6-10-11(16)4-5-15(8-13(17)19-3)14(10)12(7-9)18-2/h4-7H,8H2,1-3H3. The van der Waals surface area contributed by atoms with Crippen molar-refractivity contribution in [3.63, 3.8) is 0 Å². The molecule has 100 valence electrons. The molecule has 0 spiro atoms. The van der Waals surface area contributed by atoms with Crippen molar-refractivity contribution in [1.82, 2.24) is 4.57 Å². The number of hydrogen-bond donors (Lipinski definition) is 0. The highest BCUT2D eigenvalue weighted by molar-refractivity contribution is 5.86. The van der Waals surface area contributed by atoms with Crippen LogP contribution in [0.3, 0.4) is 0 Å². The maximum atomic E-state index is 11.9. The van der Waals surface area contributed by atoms with Crippen LogP contribution in [-0.2, 0) is 16.1 Å². The van der Waals surface area contributed by atoms with Crippen LogP contribution >= 0.6 is 0 Å². The van der Waals surface area contributed by atoms with E-state index in [0.29, 0.717) is 16.7 Å². The van der Waals surface area contributed by atoms with Crippen molar-refractivity contribution in [1.29, 1.82) is 0 Å². The van der Waals surface area contributed by atoms with Crippen molar-refractivity contribution >= 4 is 16.9 Å². The van der Waals surface area contributed by atoms with Gasteiger partial charge < -0.3 is 14.0 Å². The Labute approximate surface area is 110 Å². The van der Waals surface area contributed by atoms with Gasteiger partial charge in [0.05, 0.1) is 19.7 Å². The number of fused-ring (bicyclic) bond motifs is 1. The van der Waals surface area contributed by atoms with E-state index in [2.05, 4.69) is 4.74 Å². The Morgan fingerprint density at radius 3 is 2.68 bits per heavy atom. The van der Waals surface area contributed by atoms with E-state index in [4.69, 9.17) is 4.74 Å². The summed E-state index contributed by atoms with van der Waals surface area (Å²) in [4.78, 5) is 23.3. The molecule has 0 radical (unpaired) electrons. The molecule has 0 N–H and O–H groups in total. The number of pyridine rings is 1. The first-order valence-corrected chi connectivity index (χ1v) is 5.81. The molecule has 5 nitrogen and oxygen atoms in total. The summed E-state index contributed by atoms with van der Waals surface area (Å²) in [6.45, 7) is 1.92. The third-order valence-electron chi connectivity index (χ3n) is 2.92. The summed E-state index contributed by atoms with van der Waals surface area (Å²) in [6.07, 6.45) is 1.57. The first kappa shape index (κ1) is 13.1. The molecule has 1 aromatic heterocycles. The minimum absolute atomic E-state index is 0.0344. The molecule has 0 bridgehead atoms. The first-order chi connectivity index (χ1) is 9.06. The van der Waals surface area contributed by atoms with E-state index < -0.39 is 0 Å². The highest BCUT2D eigenvalue weighted by Crippen LogP contribution is 2.25. The predicted molar refractivity (Wildman–Crippen MR) is 71.5 cm³/mol. The molecule has 0 atom stereocenters. The normalized spacial score (nSPS) is 10.5. The van der Waals surface area contributed by atoms with Gasteiger partial charge in [-0.05, 0) is 24.6 Å². The van der Waals surface area contributed by atoms with Gasteiger partial charge in [-0.25, -0.2) is 0 Å². The molecule has 0 saturated heterocycles. The third kappa shape index (κ3) is 2.45. The molecule has 0 aliphatic carbocycles. The number of aryl methyl sites for hydroxylation is 1. The van der Waals surface area contributed by atoms with Gasteiger partial charge in [-0.3, -0.25) is 9.59 Å². The SMILES string of the molecule is COC(=O)Cn1ccc(=O)c2cc(C)cc(OC)c21. The van der Waals surface area contributed by atoms with Crippen LogP contribution in [0.2, 0.25) is 0 Å². The number of carbonyl (C=O) groups excluding carboxylic acids is 1. The molecule has 2 aromatic rings. The van der Waals surface area contributed by atoms with E-state index >= 15 is 0 Å².